The van der Waals surface area contributed by atoms with Gasteiger partial charge in [-0.05, 0) is 125 Å². The van der Waals surface area contributed by atoms with Gasteiger partial charge in [0.2, 0.25) is 0 Å². The van der Waals surface area contributed by atoms with Crippen molar-refractivity contribution in [1.29, 1.82) is 0 Å². The van der Waals surface area contributed by atoms with Crippen molar-refractivity contribution in [2.24, 2.45) is 0 Å². The van der Waals surface area contributed by atoms with Crippen LogP contribution in [0.2, 0.25) is 5.04 Å². The van der Waals surface area contributed by atoms with E-state index in [9.17, 15) is 19.5 Å². The average Bonchev–Trinajstić information content (AvgIpc) is 0.828. The Morgan fingerprint density at radius 1 is 0.252 bits per heavy atom. The number of hydrogen-bond acceptors (Lipinski definition) is 25. The molecule has 3 aliphatic heterocycles. The van der Waals surface area contributed by atoms with E-state index >= 15 is 28.8 Å². The Morgan fingerprint density at radius 3 is 0.675 bits per heavy atom. The van der Waals surface area contributed by atoms with E-state index in [1.54, 1.807) is 164 Å². The molecule has 0 unspecified atom stereocenters. The minimum atomic E-state index is -3.68. The summed E-state index contributed by atoms with van der Waals surface area (Å²) in [6.07, 6.45) is -29.5. The van der Waals surface area contributed by atoms with Crippen LogP contribution < -0.4 is 10.4 Å². The molecule has 0 bridgehead atoms. The molecule has 3 aliphatic rings. The van der Waals surface area contributed by atoms with E-state index in [1.165, 1.54) is 109 Å². The normalized spacial score (nSPS) is 22.5. The van der Waals surface area contributed by atoms with Crippen LogP contribution in [0.5, 0.6) is 0 Å². The molecule has 25 nitrogen and oxygen atoms in total. The van der Waals surface area contributed by atoms with Gasteiger partial charge in [0, 0.05) is 0 Å². The predicted molar refractivity (Wildman–Crippen MR) is 444 cm³/mol. The number of ether oxygens (including phenoxy) is 14. The van der Waals surface area contributed by atoms with Crippen molar-refractivity contribution in [1.82, 2.24) is 0 Å². The van der Waals surface area contributed by atoms with Gasteiger partial charge in [0.05, 0.1) is 69.9 Å². The number of aliphatic hydroxyl groups is 1. The van der Waals surface area contributed by atoms with E-state index in [1.807, 2.05) is 81.4 Å². The number of esters is 9. The van der Waals surface area contributed by atoms with Crippen LogP contribution in [-0.4, -0.2) is 179 Å². The Kier molecular flexibility index (Phi) is 28.2. The highest BCUT2D eigenvalue weighted by molar-refractivity contribution is 6.99. The zero-order chi connectivity index (χ0) is 85.8. The van der Waals surface area contributed by atoms with Crippen molar-refractivity contribution < 1.29 is 119 Å². The number of hydrogen-bond donors (Lipinski definition) is 1. The quantitative estimate of drug-likeness (QED) is 0.0259. The molecule has 11 aromatic rings. The summed E-state index contributed by atoms with van der Waals surface area (Å²) in [4.78, 5) is 134. The largest absolute Gasteiger partial charge is 0.452 e. The SMILES string of the molecule is CC(C)(C)[Si](OC[C@H]1O[C@H](OC[C@H]2O[C@H](OC[C@H]3O[C@H](O)[C@@H](OC(=O)c4ccccc4)[C@H](OC(=O)c4ccccc4)[C@H]3OC(=O)c3ccccc3)[C@@H](OC(=O)c3ccccc3)[C@H](OC(=O)c3ccccc3)[C@H]2OC(=O)c2ccccc2)[C@@H](OC(=O)c2ccccc2)[C@H](OC(=O)c2ccccc2)[C@H]1OC(=O)c1ccccc1)(c1ccccc1)c1ccccc1. The number of aliphatic hydroxyl groups excluding tert-OH is 1. The van der Waals surface area contributed by atoms with Crippen LogP contribution in [0.15, 0.2) is 334 Å². The third-order valence-electron chi connectivity index (χ3n) is 20.8. The average molecular weight is 1680 g/mol. The first kappa shape index (κ1) is 86.0. The van der Waals surface area contributed by atoms with Crippen molar-refractivity contribution in [3.05, 3.63) is 384 Å². The fraction of sp³-hybridized carbons (Fsp3) is 0.227. The summed E-state index contributed by atoms with van der Waals surface area (Å²) < 4.78 is 100. The lowest BCUT2D eigenvalue weighted by molar-refractivity contribution is -0.337. The molecule has 26 heteroatoms. The molecule has 0 radical (unpaired) electrons. The molecule has 1 N–H and O–H groups in total. The van der Waals surface area contributed by atoms with Gasteiger partial charge in [-0.25, -0.2) is 43.2 Å². The maximum absolute atomic E-state index is 15.2. The maximum Gasteiger partial charge on any atom is 0.338 e. The molecular formula is C97H86O25Si. The van der Waals surface area contributed by atoms with Crippen molar-refractivity contribution >= 4 is 72.4 Å². The summed E-state index contributed by atoms with van der Waals surface area (Å²) in [7, 11) is -3.68. The van der Waals surface area contributed by atoms with Crippen LogP contribution in [0.3, 0.4) is 0 Å². The molecule has 15 atom stereocenters. The predicted octanol–water partition coefficient (Wildman–Crippen LogP) is 12.8. The van der Waals surface area contributed by atoms with Gasteiger partial charge in [-0.3, -0.25) is 0 Å². The molecule has 0 saturated carbocycles. The van der Waals surface area contributed by atoms with E-state index in [2.05, 4.69) is 0 Å². The monoisotopic (exact) mass is 1680 g/mol. The van der Waals surface area contributed by atoms with Crippen LogP contribution in [0.1, 0.15) is 114 Å². The molecule has 14 rings (SSSR count). The maximum atomic E-state index is 15.2. The number of carbonyl (C=O) groups excluding carboxylic acids is 9. The first-order chi connectivity index (χ1) is 59.8. The van der Waals surface area contributed by atoms with Gasteiger partial charge < -0.3 is 75.8 Å². The topological polar surface area (TPSA) is 312 Å². The standard InChI is InChI=1S/C97H86O25Si/c1-97(2,3)123(71-55-33-13-34-56-71,72-57-35-14-36-58-72)110-61-75-78(116-87(100)64-41-19-6-20-42-64)81(119-90(103)67-47-25-9-26-48-67)84(122-93(106)70-53-31-12-32-54-70)96(113-75)109-60-74-77(115-86(99)63-39-17-5-18-40-63)80(118-89(102)66-45-23-8-24-46-66)83(121-92(105)69-51-29-11-30-52-69)95(112-74)108-59-73-76(114-85(98)62-37-15-4-16-38-62)79(117-88(101)65-43-21-7-22-44-65)82(94(107)111-73)120-91(104)68-49-27-10-28-50-68/h4-58,73-84,94-96,107H,59-61H2,1-3H3/t73-,74-,75-,76+,77+,78+,79-,80-,81-,82+,83+,84+,94+,95+,96+/m1/s1. The minimum Gasteiger partial charge on any atom is -0.452 e. The fourth-order valence-electron chi connectivity index (χ4n) is 14.8. The number of rotatable bonds is 29. The van der Waals surface area contributed by atoms with Gasteiger partial charge in [0.15, 0.2) is 73.8 Å². The van der Waals surface area contributed by atoms with Crippen molar-refractivity contribution in [2.75, 3.05) is 19.8 Å². The second-order valence-electron chi connectivity index (χ2n) is 29.9. The summed E-state index contributed by atoms with van der Waals surface area (Å²) in [5, 5.41) is 13.3. The van der Waals surface area contributed by atoms with E-state index < -0.39 is 179 Å². The fourth-order valence-corrected chi connectivity index (χ4v) is 19.3. The summed E-state index contributed by atoms with van der Waals surface area (Å²) in [6.45, 7) is 3.72. The van der Waals surface area contributed by atoms with Gasteiger partial charge >= 0.3 is 53.7 Å². The van der Waals surface area contributed by atoms with Gasteiger partial charge in [-0.1, -0.05) is 245 Å². The van der Waals surface area contributed by atoms with Crippen LogP contribution in [0, 0.1) is 0 Å². The Balaban J connectivity index is 0.919. The van der Waals surface area contributed by atoms with E-state index in [4.69, 9.17) is 70.7 Å². The van der Waals surface area contributed by atoms with Crippen molar-refractivity contribution in [2.45, 2.75) is 118 Å². The molecule has 0 aliphatic carbocycles. The Morgan fingerprint density at radius 2 is 0.439 bits per heavy atom. The van der Waals surface area contributed by atoms with Crippen molar-refractivity contribution in [3.63, 3.8) is 0 Å². The van der Waals surface area contributed by atoms with Gasteiger partial charge in [-0.2, -0.15) is 0 Å². The smallest absolute Gasteiger partial charge is 0.338 e. The molecule has 11 aromatic carbocycles. The lowest BCUT2D eigenvalue weighted by Gasteiger charge is -2.48. The molecular weight excluding hydrogens is 1590 g/mol. The van der Waals surface area contributed by atoms with Crippen molar-refractivity contribution in [3.8, 4) is 0 Å². The first-order valence-electron chi connectivity index (χ1n) is 39.8. The molecule has 3 saturated heterocycles. The van der Waals surface area contributed by atoms with Crippen LogP contribution in [0.25, 0.3) is 0 Å². The molecule has 628 valence electrons. The van der Waals surface area contributed by atoms with Gasteiger partial charge in [-0.15, -0.1) is 0 Å². The Hall–Kier alpha value is -13.4. The summed E-state index contributed by atoms with van der Waals surface area (Å²) in [6, 6.07) is 88.4. The van der Waals surface area contributed by atoms with Crippen LogP contribution in [-0.2, 0) is 70.7 Å². The third kappa shape index (κ3) is 20.8. The van der Waals surface area contributed by atoms with Crippen LogP contribution >= 0.6 is 0 Å². The Bertz CT molecular complexity index is 5320. The third-order valence-corrected chi connectivity index (χ3v) is 25.8. The first-order valence-corrected chi connectivity index (χ1v) is 41.7. The molecule has 0 spiro atoms. The molecule has 0 amide bonds. The number of carbonyl (C=O) groups is 9. The zero-order valence-corrected chi connectivity index (χ0v) is 67.8. The van der Waals surface area contributed by atoms with Gasteiger partial charge in [0.25, 0.3) is 8.32 Å². The van der Waals surface area contributed by atoms with E-state index in [0.717, 1.165) is 10.4 Å². The summed E-state index contributed by atoms with van der Waals surface area (Å²) in [5.41, 5.74) is -0.175. The molecule has 123 heavy (non-hydrogen) atoms. The number of benzene rings is 11. The minimum absolute atomic E-state index is 0.000701. The Labute approximate surface area is 709 Å². The molecule has 3 fully saturated rings. The highest BCUT2D eigenvalue weighted by atomic mass is 28.4. The summed E-state index contributed by atoms with van der Waals surface area (Å²) >= 11 is 0. The van der Waals surface area contributed by atoms with E-state index in [0.29, 0.717) is 0 Å². The zero-order valence-electron chi connectivity index (χ0n) is 66.8. The lowest BCUT2D eigenvalue weighted by Crippen LogP contribution is -2.69. The van der Waals surface area contributed by atoms with E-state index in [-0.39, 0.29) is 50.1 Å². The van der Waals surface area contributed by atoms with Crippen LogP contribution in [0.4, 0.5) is 0 Å². The molecule has 3 heterocycles. The highest BCUT2D eigenvalue weighted by Crippen LogP contribution is 2.41. The highest BCUT2D eigenvalue weighted by Gasteiger charge is 2.60. The second kappa shape index (κ2) is 40.3. The molecule has 0 aromatic heterocycles. The van der Waals surface area contributed by atoms with Gasteiger partial charge in [0.1, 0.15) is 18.3 Å². The second-order valence-corrected chi connectivity index (χ2v) is 34.2. The summed E-state index contributed by atoms with van der Waals surface area (Å²) in [5.74, 6) is -9.28. The lowest BCUT2D eigenvalue weighted by atomic mass is 9.96.